The Morgan fingerprint density at radius 1 is 0.151 bits per heavy atom. The standard InChI is InChI=1S/FS72/c1-51(4,5)53(8,9)55(12,13)57(16,17)59(20,21)61(24,25)63(28,29)65(32,33)67(36,37)69(40,41)71(44,45)73(48,49)72(46,47)70(42,43)68(38,39)66(34,35)64(30,31)62(26,27)60(22,23)58(18,19)56(14,15)54(10,11)52(6,7)50(2)3/q-1. The second kappa shape index (κ2) is 28.7. The molecule has 0 N–H and O–H groups in total. The fourth-order valence-electron chi connectivity index (χ4n) is 2.21. The van der Waals surface area contributed by atoms with E-state index in [0.29, 0.717) is 0 Å². The molecule has 0 aromatic rings. The predicted molar refractivity (Wildman–Crippen MR) is 531 cm³/mol. The fraction of sp³-hybridized carbons (Fsp3) is 0. The first-order valence-corrected chi connectivity index (χ1v) is 107. The van der Waals surface area contributed by atoms with Gasteiger partial charge in [0, 0.05) is 104 Å². The molecule has 0 rings (SSSR count). The lowest BCUT2D eigenvalue weighted by Crippen LogP contribution is -2.40. The Bertz CT molecular complexity index is 5410. The Morgan fingerprint density at radius 2 is 0.233 bits per heavy atom. The molecule has 0 unspecified atom stereocenters. The van der Waals surface area contributed by atoms with E-state index in [1.807, 2.05) is 0 Å². The lowest BCUT2D eigenvalue weighted by atomic mass is 18.9. The molecular formula is FS72-. The summed E-state index contributed by atoms with van der Waals surface area (Å²) in [5, 5.41) is -85.1. The van der Waals surface area contributed by atoms with Crippen molar-refractivity contribution in [1.29, 1.82) is 0 Å². The molecule has 0 bridgehead atoms. The van der Waals surface area contributed by atoms with Crippen molar-refractivity contribution in [3.63, 3.8) is 0 Å². The van der Waals surface area contributed by atoms with Gasteiger partial charge in [-0.3, -0.25) is 7.05 Å². The van der Waals surface area contributed by atoms with Gasteiger partial charge in [0.15, 0.2) is 0 Å². The Kier molecular flexibility index (Phi) is 36.2. The first kappa shape index (κ1) is 91.9. The Hall–Kier alpha value is 18.9. The van der Waals surface area contributed by atoms with Gasteiger partial charge in [0.25, 0.3) is 0 Å². The van der Waals surface area contributed by atoms with Crippen LogP contribution in [0.2, 0.25) is 0 Å². The third-order valence-corrected chi connectivity index (χ3v) is 454. The molecule has 0 aliphatic heterocycles. The summed E-state index contributed by atoms with van der Waals surface area (Å²) in [4.78, 5) is 0. The molecular weight excluding hydrogens is 2330 g/mol. The second-order valence-electron chi connectivity index (χ2n) is 9.58. The van der Waals surface area contributed by atoms with Gasteiger partial charge in [-0.1, -0.05) is 27.6 Å². The van der Waals surface area contributed by atoms with Crippen molar-refractivity contribution in [2.24, 2.45) is 0 Å². The van der Waals surface area contributed by atoms with Crippen LogP contribution in [0.4, 0.5) is 3.89 Å². The maximum Gasteiger partial charge on any atom is 0.131 e. The first-order valence-electron chi connectivity index (χ1n) is 12.0. The molecule has 73 heteroatoms. The minimum absolute atomic E-state index is 1.57. The highest BCUT2D eigenvalue weighted by atomic mass is 34.5. The molecule has 0 saturated carbocycles. The quantitative estimate of drug-likeness (QED) is 0.0781. The van der Waals surface area contributed by atoms with E-state index < -0.39 is 128 Å². The highest BCUT2D eigenvalue weighted by molar-refractivity contribution is 9.81. The number of hydrogen-bond donors (Lipinski definition) is 0. The van der Waals surface area contributed by atoms with E-state index in [9.17, 15) is 0 Å². The molecule has 0 aromatic heterocycles. The van der Waals surface area contributed by atoms with Crippen LogP contribution in [0.5, 0.6) is 0 Å². The summed E-state index contributed by atoms with van der Waals surface area (Å²) >= 11 is 282. The monoisotopic (exact) mass is 2320 g/mol. The van der Waals surface area contributed by atoms with Gasteiger partial charge >= 0.3 is 0 Å². The fourth-order valence-corrected chi connectivity index (χ4v) is 532. The van der Waals surface area contributed by atoms with Crippen molar-refractivity contribution in [3.8, 4) is 0 Å². The highest BCUT2D eigenvalue weighted by Gasteiger charge is 2.48. The highest BCUT2D eigenvalue weighted by Crippen LogP contribution is 2.44. The smallest absolute Gasteiger partial charge is 0.131 e. The van der Waals surface area contributed by atoms with Gasteiger partial charge < -0.3 is 0 Å². The third kappa shape index (κ3) is 14.5. The summed E-state index contributed by atoms with van der Waals surface area (Å²) in [6.45, 7) is -4.19. The van der Waals surface area contributed by atoms with Crippen LogP contribution in [0, 0.1) is 0 Å². The third-order valence-electron chi connectivity index (χ3n) is 5.66. The van der Waals surface area contributed by atoms with Gasteiger partial charge in [0.1, 0.15) is 6.56 Å². The summed E-state index contributed by atoms with van der Waals surface area (Å²) in [7, 11) is -1.57. The van der Waals surface area contributed by atoms with Gasteiger partial charge in [-0.05, 0) is 492 Å². The molecule has 0 amide bonds. The van der Waals surface area contributed by atoms with Crippen LogP contribution in [-0.2, 0) is 665 Å². The molecule has 0 saturated heterocycles. The number of rotatable bonds is 23. The Morgan fingerprint density at radius 3 is 0.315 bits per heavy atom. The SMILES string of the molecule is FS(=S)(=S)S(=S)(=S)S(=S)(=S)S(=S)(=S)S(=S)(=S)S(=S)(=S)S(=S)(=S)S(=S)(=S)S(=S)(=S)S(=S)(=S)S(=S)(=S)S(=S)(=S)S(=S)(=S)S(=S)(=S)S(=S)(=S)S(=S)(=S)S(=S)(=S)S(=S)(=S)S(=S)(=S)S(=S)(=S)S(=S)(=S)S(=S)(=S)S(=S)(=S)[S-](=S)=S. The summed E-state index contributed by atoms with van der Waals surface area (Å²) < 4.78 is 15.4. The van der Waals surface area contributed by atoms with Crippen LogP contribution in [0.3, 0.4) is 0 Å². The average molecular weight is 2330 g/mol. The first-order chi connectivity index (χ1) is 30.4. The summed E-state index contributed by atoms with van der Waals surface area (Å²) in [5.74, 6) is 0. The van der Waals surface area contributed by atoms with E-state index in [1.165, 1.54) is 0 Å². The zero-order valence-electron chi connectivity index (χ0n) is 29.8. The van der Waals surface area contributed by atoms with Crippen LogP contribution in [0.25, 0.3) is 0 Å². The minimum atomic E-state index is -4.19. The Balaban J connectivity index is 8.65. The average Bonchev–Trinajstić information content (AvgIpc) is 3.15. The molecule has 0 spiro atoms. The zero-order chi connectivity index (χ0) is 61.1. The van der Waals surface area contributed by atoms with Gasteiger partial charge in [-0.25, -0.2) is 22.4 Å². The van der Waals surface area contributed by atoms with Crippen LogP contribution in [0.15, 0.2) is 0 Å². The van der Waals surface area contributed by atoms with Crippen LogP contribution in [-0.4, -0.2) is 0 Å². The summed E-state index contributed by atoms with van der Waals surface area (Å²) in [6.07, 6.45) is 0. The molecule has 0 atom stereocenters. The van der Waals surface area contributed by atoms with E-state index in [0.717, 1.165) is 0 Å². The topological polar surface area (TPSA) is 0 Å². The van der Waals surface area contributed by atoms with E-state index >= 15 is 3.89 Å². The van der Waals surface area contributed by atoms with Gasteiger partial charge in [-0.15, -0.1) is 3.89 Å². The molecule has 0 fully saturated rings. The van der Waals surface area contributed by atoms with Crippen LogP contribution in [0.1, 0.15) is 0 Å². The normalized spacial score (nSPS) is 16.8. The molecule has 0 radical (unpaired) electrons. The maximum atomic E-state index is 15.4. The van der Waals surface area contributed by atoms with E-state index in [1.54, 1.807) is 0 Å². The molecule has 0 heterocycles. The molecule has 440 valence electrons. The lowest BCUT2D eigenvalue weighted by molar-refractivity contribution is 0.944. The number of hydrogen-bond acceptors (Lipinski definition) is 49. The van der Waals surface area contributed by atoms with Crippen molar-refractivity contribution in [2.45, 2.75) is 0 Å². The largest absolute Gasteiger partial charge is 0.271 e. The molecule has 0 nitrogen and oxygen atoms in total. The molecule has 0 aliphatic carbocycles. The van der Waals surface area contributed by atoms with E-state index in [4.69, 9.17) is 537 Å². The molecule has 0 aliphatic rings. The van der Waals surface area contributed by atoms with Crippen LogP contribution < -0.4 is 0 Å². The Labute approximate surface area is 649 Å². The zero-order valence-corrected chi connectivity index (χ0v) is 88.6. The lowest BCUT2D eigenvalue weighted by Gasteiger charge is -2.37. The summed E-state index contributed by atoms with van der Waals surface area (Å²) in [6, 6.07) is 0. The van der Waals surface area contributed by atoms with Crippen molar-refractivity contribution in [3.05, 3.63) is 0 Å². The molecule has 0 aromatic carbocycles. The van der Waals surface area contributed by atoms with Crippen molar-refractivity contribution < 1.29 is 3.89 Å². The van der Waals surface area contributed by atoms with E-state index in [-0.39, 0.29) is 0 Å². The maximum absolute atomic E-state index is 15.4. The van der Waals surface area contributed by atoms with Gasteiger partial charge in [0.2, 0.25) is 0 Å². The van der Waals surface area contributed by atoms with Crippen molar-refractivity contribution in [2.75, 3.05) is 0 Å². The second-order valence-corrected chi connectivity index (χ2v) is 255. The van der Waals surface area contributed by atoms with Gasteiger partial charge in [0.05, 0.1) is 5.21 Å². The summed E-state index contributed by atoms with van der Waals surface area (Å²) in [5.41, 5.74) is 0. The predicted octanol–water partition coefficient (Wildman–Crippen LogP) is 0.247. The van der Waals surface area contributed by atoms with Crippen molar-refractivity contribution >= 4 is 665 Å². The van der Waals surface area contributed by atoms with E-state index in [2.05, 4.69) is 0 Å². The van der Waals surface area contributed by atoms with Gasteiger partial charge in [-0.2, -0.15) is 0 Å². The number of halogens is 1. The van der Waals surface area contributed by atoms with Crippen LogP contribution >= 0.6 is 0 Å². The molecule has 73 heavy (non-hydrogen) atoms. The van der Waals surface area contributed by atoms with Crippen molar-refractivity contribution in [1.82, 2.24) is 0 Å². The minimum Gasteiger partial charge on any atom is -0.271 e.